The summed E-state index contributed by atoms with van der Waals surface area (Å²) in [5.41, 5.74) is 3.58. The number of aromatic nitrogens is 1. The van der Waals surface area contributed by atoms with E-state index in [0.29, 0.717) is 11.4 Å². The van der Waals surface area contributed by atoms with Crippen LogP contribution in [-0.2, 0) is 0 Å². The second-order valence-electron chi connectivity index (χ2n) is 3.70. The average Bonchev–Trinajstić information content (AvgIpc) is 2.38. The van der Waals surface area contributed by atoms with Crippen LogP contribution < -0.4 is 4.74 Å². The molecule has 2 rings (SSSR count). The minimum absolute atomic E-state index is 0.594. The van der Waals surface area contributed by atoms with Gasteiger partial charge in [-0.3, -0.25) is 0 Å². The van der Waals surface area contributed by atoms with Crippen LogP contribution in [-0.4, -0.2) is 12.1 Å². The molecule has 0 aliphatic heterocycles. The molecule has 0 aliphatic carbocycles. The summed E-state index contributed by atoms with van der Waals surface area (Å²) < 4.78 is 5.22. The smallest absolute Gasteiger partial charge is 0.221 e. The fraction of sp³-hybridized carbons (Fsp3) is 0.143. The Balaban J connectivity index is 2.54. The van der Waals surface area contributed by atoms with Gasteiger partial charge in [0.2, 0.25) is 5.88 Å². The highest BCUT2D eigenvalue weighted by Gasteiger charge is 2.07. The molecule has 0 saturated heterocycles. The maximum atomic E-state index is 8.89. The van der Waals surface area contributed by atoms with Gasteiger partial charge in [-0.2, -0.15) is 5.26 Å². The van der Waals surface area contributed by atoms with Gasteiger partial charge in [0.05, 0.1) is 18.7 Å². The molecule has 0 N–H and O–H groups in total. The summed E-state index contributed by atoms with van der Waals surface area (Å²) in [5.74, 6) is 0.594. The van der Waals surface area contributed by atoms with Crippen LogP contribution in [0.3, 0.4) is 0 Å². The first kappa shape index (κ1) is 11.2. The molecule has 0 spiro atoms. The number of aryl methyl sites for hydroxylation is 1. The predicted molar refractivity (Wildman–Crippen MR) is 65.7 cm³/mol. The lowest BCUT2D eigenvalue weighted by atomic mass is 10.0. The van der Waals surface area contributed by atoms with E-state index >= 15 is 0 Å². The van der Waals surface area contributed by atoms with E-state index in [1.807, 2.05) is 37.3 Å². The van der Waals surface area contributed by atoms with Crippen LogP contribution in [0.2, 0.25) is 0 Å². The third-order valence-electron chi connectivity index (χ3n) is 2.62. The molecule has 0 fully saturated rings. The lowest BCUT2D eigenvalue weighted by molar-refractivity contribution is 0.399. The van der Waals surface area contributed by atoms with Gasteiger partial charge in [0.25, 0.3) is 0 Å². The van der Waals surface area contributed by atoms with Gasteiger partial charge in [-0.15, -0.1) is 0 Å². The van der Waals surface area contributed by atoms with E-state index < -0.39 is 0 Å². The van der Waals surface area contributed by atoms with Crippen molar-refractivity contribution in [2.24, 2.45) is 0 Å². The number of rotatable bonds is 2. The number of methoxy groups -OCH3 is 1. The Kier molecular flexibility index (Phi) is 3.06. The van der Waals surface area contributed by atoms with Gasteiger partial charge in [-0.25, -0.2) is 4.98 Å². The number of hydrogen-bond donors (Lipinski definition) is 0. The van der Waals surface area contributed by atoms with Crippen LogP contribution in [0.1, 0.15) is 11.1 Å². The normalized spacial score (nSPS) is 9.71. The summed E-state index contributed by atoms with van der Waals surface area (Å²) >= 11 is 0. The SMILES string of the molecule is COc1ncccc1-c1ccc(C#N)c(C)c1. The van der Waals surface area contributed by atoms with Crippen molar-refractivity contribution in [2.45, 2.75) is 6.92 Å². The van der Waals surface area contributed by atoms with E-state index in [1.165, 1.54) is 0 Å². The fourth-order valence-corrected chi connectivity index (χ4v) is 1.73. The van der Waals surface area contributed by atoms with Gasteiger partial charge in [0, 0.05) is 11.8 Å². The van der Waals surface area contributed by atoms with E-state index in [1.54, 1.807) is 13.3 Å². The molecule has 0 radical (unpaired) electrons. The summed E-state index contributed by atoms with van der Waals surface area (Å²) in [6.45, 7) is 1.92. The van der Waals surface area contributed by atoms with E-state index in [9.17, 15) is 0 Å². The Bertz CT molecular complexity index is 585. The van der Waals surface area contributed by atoms with Gasteiger partial charge in [0.1, 0.15) is 0 Å². The third kappa shape index (κ3) is 2.11. The zero-order valence-electron chi connectivity index (χ0n) is 9.77. The molecular weight excluding hydrogens is 212 g/mol. The van der Waals surface area contributed by atoms with Crippen LogP contribution in [0, 0.1) is 18.3 Å². The van der Waals surface area contributed by atoms with Gasteiger partial charge >= 0.3 is 0 Å². The molecule has 0 unspecified atom stereocenters. The third-order valence-corrected chi connectivity index (χ3v) is 2.62. The van der Waals surface area contributed by atoms with Crippen molar-refractivity contribution in [1.29, 1.82) is 5.26 Å². The number of pyridine rings is 1. The second-order valence-corrected chi connectivity index (χ2v) is 3.70. The minimum atomic E-state index is 0.594. The van der Waals surface area contributed by atoms with Gasteiger partial charge in [0.15, 0.2) is 0 Å². The molecular formula is C14H12N2O. The molecule has 1 aromatic carbocycles. The van der Waals surface area contributed by atoms with Gasteiger partial charge < -0.3 is 4.74 Å². The van der Waals surface area contributed by atoms with Crippen molar-refractivity contribution >= 4 is 0 Å². The highest BCUT2D eigenvalue weighted by Crippen LogP contribution is 2.28. The van der Waals surface area contributed by atoms with Crippen LogP contribution in [0.4, 0.5) is 0 Å². The van der Waals surface area contributed by atoms with Crippen molar-refractivity contribution in [1.82, 2.24) is 4.98 Å². The monoisotopic (exact) mass is 224 g/mol. The first-order valence-corrected chi connectivity index (χ1v) is 5.26. The highest BCUT2D eigenvalue weighted by molar-refractivity contribution is 5.70. The molecule has 1 heterocycles. The quantitative estimate of drug-likeness (QED) is 0.787. The zero-order valence-corrected chi connectivity index (χ0v) is 9.77. The number of nitrogens with zero attached hydrogens (tertiary/aromatic N) is 2. The van der Waals surface area contributed by atoms with Crippen molar-refractivity contribution in [3.63, 3.8) is 0 Å². The fourth-order valence-electron chi connectivity index (χ4n) is 1.73. The molecule has 17 heavy (non-hydrogen) atoms. The molecule has 3 nitrogen and oxygen atoms in total. The largest absolute Gasteiger partial charge is 0.481 e. The summed E-state index contributed by atoms with van der Waals surface area (Å²) in [4.78, 5) is 4.16. The Morgan fingerprint density at radius 1 is 1.29 bits per heavy atom. The first-order chi connectivity index (χ1) is 8.26. The molecule has 0 amide bonds. The van der Waals surface area contributed by atoms with Crippen molar-refractivity contribution < 1.29 is 4.74 Å². The molecule has 0 saturated carbocycles. The Hall–Kier alpha value is -2.34. The second kappa shape index (κ2) is 4.67. The van der Waals surface area contributed by atoms with E-state index in [4.69, 9.17) is 10.00 Å². The van der Waals surface area contributed by atoms with Crippen LogP contribution in [0.5, 0.6) is 5.88 Å². The maximum absolute atomic E-state index is 8.89. The van der Waals surface area contributed by atoms with Crippen LogP contribution >= 0.6 is 0 Å². The standard InChI is InChI=1S/C14H12N2O/c1-10-8-11(5-6-12(10)9-15)13-4-3-7-16-14(13)17-2/h3-8H,1-2H3. The molecule has 3 heteroatoms. The average molecular weight is 224 g/mol. The number of ether oxygens (including phenoxy) is 1. The van der Waals surface area contributed by atoms with Crippen LogP contribution in [0.25, 0.3) is 11.1 Å². The topological polar surface area (TPSA) is 45.9 Å². The van der Waals surface area contributed by atoms with Crippen molar-refractivity contribution in [2.75, 3.05) is 7.11 Å². The van der Waals surface area contributed by atoms with Crippen molar-refractivity contribution in [3.05, 3.63) is 47.7 Å². The molecule has 0 aliphatic rings. The van der Waals surface area contributed by atoms with E-state index in [2.05, 4.69) is 11.1 Å². The summed E-state index contributed by atoms with van der Waals surface area (Å²) in [6.07, 6.45) is 1.69. The number of hydrogen-bond acceptors (Lipinski definition) is 3. The molecule has 2 aromatic rings. The summed E-state index contributed by atoms with van der Waals surface area (Å²) in [5, 5.41) is 8.89. The number of nitriles is 1. The summed E-state index contributed by atoms with van der Waals surface area (Å²) in [6, 6.07) is 11.7. The van der Waals surface area contributed by atoms with Crippen molar-refractivity contribution in [3.8, 4) is 23.1 Å². The van der Waals surface area contributed by atoms with Crippen LogP contribution in [0.15, 0.2) is 36.5 Å². The van der Waals surface area contributed by atoms with E-state index in [-0.39, 0.29) is 0 Å². The molecule has 84 valence electrons. The predicted octanol–water partition coefficient (Wildman–Crippen LogP) is 2.94. The minimum Gasteiger partial charge on any atom is -0.481 e. The van der Waals surface area contributed by atoms with E-state index in [0.717, 1.165) is 16.7 Å². The first-order valence-electron chi connectivity index (χ1n) is 5.26. The van der Waals surface area contributed by atoms with Gasteiger partial charge in [-0.1, -0.05) is 6.07 Å². The maximum Gasteiger partial charge on any atom is 0.221 e. The lowest BCUT2D eigenvalue weighted by Crippen LogP contribution is -1.91. The Morgan fingerprint density at radius 2 is 2.12 bits per heavy atom. The molecule has 0 atom stereocenters. The summed E-state index contributed by atoms with van der Waals surface area (Å²) in [7, 11) is 1.60. The van der Waals surface area contributed by atoms with Gasteiger partial charge in [-0.05, 0) is 42.3 Å². The number of benzene rings is 1. The zero-order chi connectivity index (χ0) is 12.3. The lowest BCUT2D eigenvalue weighted by Gasteiger charge is -2.08. The Labute approximate surface area is 100 Å². The molecule has 1 aromatic heterocycles. The Morgan fingerprint density at radius 3 is 2.76 bits per heavy atom. The molecule has 0 bridgehead atoms. The highest BCUT2D eigenvalue weighted by atomic mass is 16.5.